The highest BCUT2D eigenvalue weighted by atomic mass is 19.1. The van der Waals surface area contributed by atoms with Crippen molar-refractivity contribution in [1.29, 1.82) is 0 Å². The Labute approximate surface area is 114 Å². The van der Waals surface area contributed by atoms with Crippen LogP contribution in [-0.4, -0.2) is 13.2 Å². The van der Waals surface area contributed by atoms with Crippen molar-refractivity contribution in [1.82, 2.24) is 0 Å². The van der Waals surface area contributed by atoms with Crippen molar-refractivity contribution in [2.75, 3.05) is 18.2 Å². The monoisotopic (exact) mass is 266 g/mol. The second kappa shape index (κ2) is 5.27. The van der Waals surface area contributed by atoms with Crippen LogP contribution in [0.3, 0.4) is 0 Å². The van der Waals surface area contributed by atoms with Gasteiger partial charge in [-0.3, -0.25) is 0 Å². The second-order valence-electron chi connectivity index (χ2n) is 6.01. The lowest BCUT2D eigenvalue weighted by Gasteiger charge is -2.39. The Morgan fingerprint density at radius 2 is 2.11 bits per heavy atom. The topological polar surface area (TPSA) is 47.3 Å². The van der Waals surface area contributed by atoms with Crippen LogP contribution in [0.25, 0.3) is 0 Å². The number of rotatable bonds is 3. The molecule has 2 rings (SSSR count). The Kier molecular flexibility index (Phi) is 3.88. The van der Waals surface area contributed by atoms with E-state index >= 15 is 0 Å². The van der Waals surface area contributed by atoms with Crippen LogP contribution in [0.1, 0.15) is 39.5 Å². The molecule has 0 heterocycles. The summed E-state index contributed by atoms with van der Waals surface area (Å²) in [7, 11) is 1.54. The predicted octanol–water partition coefficient (Wildman–Crippen LogP) is 3.80. The van der Waals surface area contributed by atoms with E-state index in [4.69, 9.17) is 10.5 Å². The third kappa shape index (κ3) is 2.94. The van der Waals surface area contributed by atoms with Gasteiger partial charge in [-0.25, -0.2) is 4.39 Å². The van der Waals surface area contributed by atoms with E-state index in [2.05, 4.69) is 19.2 Å². The van der Waals surface area contributed by atoms with Crippen LogP contribution in [0.4, 0.5) is 15.8 Å². The van der Waals surface area contributed by atoms with Crippen LogP contribution >= 0.6 is 0 Å². The third-order valence-electron chi connectivity index (χ3n) is 4.16. The molecule has 3 N–H and O–H groups in total. The van der Waals surface area contributed by atoms with E-state index in [0.29, 0.717) is 17.1 Å². The SMILES string of the molecule is COc1cc(NC2CCCCC2(C)C)c(F)cc1N. The Morgan fingerprint density at radius 3 is 2.74 bits per heavy atom. The van der Waals surface area contributed by atoms with Crippen molar-refractivity contribution >= 4 is 11.4 Å². The van der Waals surface area contributed by atoms with Crippen LogP contribution in [-0.2, 0) is 0 Å². The maximum Gasteiger partial charge on any atom is 0.148 e. The van der Waals surface area contributed by atoms with Gasteiger partial charge in [-0.2, -0.15) is 0 Å². The van der Waals surface area contributed by atoms with Crippen molar-refractivity contribution < 1.29 is 9.13 Å². The minimum atomic E-state index is -0.320. The number of nitrogens with one attached hydrogen (secondary N) is 1. The number of anilines is 2. The molecule has 19 heavy (non-hydrogen) atoms. The minimum absolute atomic E-state index is 0.180. The number of hydrogen-bond acceptors (Lipinski definition) is 3. The van der Waals surface area contributed by atoms with Gasteiger partial charge in [-0.1, -0.05) is 26.7 Å². The molecule has 106 valence electrons. The Morgan fingerprint density at radius 1 is 1.37 bits per heavy atom. The zero-order valence-electron chi connectivity index (χ0n) is 11.9. The first-order valence-corrected chi connectivity index (χ1v) is 6.83. The molecule has 1 aliphatic rings. The lowest BCUT2D eigenvalue weighted by Crippen LogP contribution is -2.39. The summed E-state index contributed by atoms with van der Waals surface area (Å²) in [5.41, 5.74) is 6.68. The largest absolute Gasteiger partial charge is 0.495 e. The van der Waals surface area contributed by atoms with Crippen molar-refractivity contribution in [2.24, 2.45) is 5.41 Å². The number of nitrogens with two attached hydrogens (primary N) is 1. The molecule has 0 bridgehead atoms. The van der Waals surface area contributed by atoms with E-state index in [1.165, 1.54) is 32.4 Å². The normalized spacial score (nSPS) is 22.0. The summed E-state index contributed by atoms with van der Waals surface area (Å²) in [5.74, 6) is 0.192. The van der Waals surface area contributed by atoms with Gasteiger partial charge in [0.15, 0.2) is 0 Å². The Hall–Kier alpha value is -1.45. The first kappa shape index (κ1) is 14.0. The summed E-state index contributed by atoms with van der Waals surface area (Å²) in [5, 5.41) is 3.33. The van der Waals surface area contributed by atoms with Crippen LogP contribution in [0, 0.1) is 11.2 Å². The number of methoxy groups -OCH3 is 1. The average molecular weight is 266 g/mol. The van der Waals surface area contributed by atoms with Crippen LogP contribution in [0.15, 0.2) is 12.1 Å². The number of benzene rings is 1. The zero-order chi connectivity index (χ0) is 14.0. The molecule has 0 radical (unpaired) electrons. The number of ether oxygens (including phenoxy) is 1. The van der Waals surface area contributed by atoms with Gasteiger partial charge in [0, 0.05) is 18.2 Å². The average Bonchev–Trinajstić information content (AvgIpc) is 2.34. The van der Waals surface area contributed by atoms with Gasteiger partial charge in [0.2, 0.25) is 0 Å². The fourth-order valence-electron chi connectivity index (χ4n) is 2.81. The van der Waals surface area contributed by atoms with Gasteiger partial charge in [-0.05, 0) is 18.3 Å². The highest BCUT2D eigenvalue weighted by Gasteiger charge is 2.32. The maximum absolute atomic E-state index is 14.0. The fourth-order valence-corrected chi connectivity index (χ4v) is 2.81. The zero-order valence-corrected chi connectivity index (χ0v) is 11.9. The van der Waals surface area contributed by atoms with Crippen LogP contribution in [0.2, 0.25) is 0 Å². The lowest BCUT2D eigenvalue weighted by molar-refractivity contribution is 0.216. The first-order valence-electron chi connectivity index (χ1n) is 6.83. The molecule has 1 aromatic carbocycles. The standard InChI is InChI=1S/C15H23FN2O/c1-15(2)7-5-4-6-14(15)18-12-9-13(19-3)11(17)8-10(12)16/h8-9,14,18H,4-7,17H2,1-3H3. The van der Waals surface area contributed by atoms with Crippen LogP contribution < -0.4 is 15.8 Å². The highest BCUT2D eigenvalue weighted by Crippen LogP contribution is 2.38. The van der Waals surface area contributed by atoms with Gasteiger partial charge in [0.05, 0.1) is 18.5 Å². The molecule has 1 fully saturated rings. The van der Waals surface area contributed by atoms with E-state index in [1.54, 1.807) is 6.07 Å². The molecule has 0 aliphatic heterocycles. The summed E-state index contributed by atoms with van der Waals surface area (Å²) in [4.78, 5) is 0. The molecule has 0 amide bonds. The Balaban J connectivity index is 2.23. The molecule has 1 saturated carbocycles. The van der Waals surface area contributed by atoms with E-state index < -0.39 is 0 Å². The molecule has 0 aromatic heterocycles. The first-order chi connectivity index (χ1) is 8.94. The highest BCUT2D eigenvalue weighted by molar-refractivity contribution is 5.62. The number of hydrogen-bond donors (Lipinski definition) is 2. The van der Waals surface area contributed by atoms with E-state index in [9.17, 15) is 4.39 Å². The van der Waals surface area contributed by atoms with Crippen molar-refractivity contribution in [3.05, 3.63) is 17.9 Å². The quantitative estimate of drug-likeness (QED) is 0.818. The van der Waals surface area contributed by atoms with Crippen molar-refractivity contribution in [3.63, 3.8) is 0 Å². The van der Waals surface area contributed by atoms with Gasteiger partial charge < -0.3 is 15.8 Å². The summed E-state index contributed by atoms with van der Waals surface area (Å²) in [6.45, 7) is 4.46. The molecule has 0 spiro atoms. The van der Waals surface area contributed by atoms with Gasteiger partial charge >= 0.3 is 0 Å². The smallest absolute Gasteiger partial charge is 0.148 e. The Bertz CT molecular complexity index is 460. The molecule has 1 aromatic rings. The molecule has 1 atom stereocenters. The predicted molar refractivity (Wildman–Crippen MR) is 77.0 cm³/mol. The molecule has 1 aliphatic carbocycles. The van der Waals surface area contributed by atoms with Gasteiger partial charge in [-0.15, -0.1) is 0 Å². The summed E-state index contributed by atoms with van der Waals surface area (Å²) in [6, 6.07) is 3.25. The van der Waals surface area contributed by atoms with Crippen molar-refractivity contribution in [3.8, 4) is 5.75 Å². The molecular formula is C15H23FN2O. The second-order valence-corrected chi connectivity index (χ2v) is 6.01. The summed E-state index contributed by atoms with van der Waals surface area (Å²) < 4.78 is 19.1. The molecule has 3 nitrogen and oxygen atoms in total. The molecule has 4 heteroatoms. The molecular weight excluding hydrogens is 243 g/mol. The van der Waals surface area contributed by atoms with Crippen molar-refractivity contribution in [2.45, 2.75) is 45.6 Å². The van der Waals surface area contributed by atoms with Crippen LogP contribution in [0.5, 0.6) is 5.75 Å². The molecule has 1 unspecified atom stereocenters. The number of nitrogen functional groups attached to an aromatic ring is 1. The maximum atomic E-state index is 14.0. The third-order valence-corrected chi connectivity index (χ3v) is 4.16. The lowest BCUT2D eigenvalue weighted by atomic mass is 9.73. The minimum Gasteiger partial charge on any atom is -0.495 e. The van der Waals surface area contributed by atoms with E-state index in [-0.39, 0.29) is 17.3 Å². The van der Waals surface area contributed by atoms with Gasteiger partial charge in [0.25, 0.3) is 0 Å². The fraction of sp³-hybridized carbons (Fsp3) is 0.600. The number of halogens is 1. The summed E-state index contributed by atoms with van der Waals surface area (Å²) >= 11 is 0. The summed E-state index contributed by atoms with van der Waals surface area (Å²) in [6.07, 6.45) is 4.67. The van der Waals surface area contributed by atoms with E-state index in [1.807, 2.05) is 0 Å². The van der Waals surface area contributed by atoms with Gasteiger partial charge in [0.1, 0.15) is 11.6 Å². The van der Waals surface area contributed by atoms with E-state index in [0.717, 1.165) is 6.42 Å². The molecule has 0 saturated heterocycles.